The van der Waals surface area contributed by atoms with Gasteiger partial charge in [0.2, 0.25) is 0 Å². The van der Waals surface area contributed by atoms with Crippen molar-refractivity contribution in [1.82, 2.24) is 0 Å². The maximum atomic E-state index is 2.30. The second-order valence-electron chi connectivity index (χ2n) is 5.28. The van der Waals surface area contributed by atoms with Crippen LogP contribution in [0.1, 0.15) is 35.1 Å². The van der Waals surface area contributed by atoms with Crippen molar-refractivity contribution in [2.24, 2.45) is 0 Å². The van der Waals surface area contributed by atoms with E-state index in [-0.39, 0.29) is 0 Å². The first-order valence-corrected chi connectivity index (χ1v) is 7.25. The standard InChI is InChI=1S/C19H20/c1-2-8-16(9-3-1)10-6-12-18-14-7-13-17-11-4-5-15-19(17)18/h1-3,6-9,12-14H,4-5,10-11,15H2. The molecule has 1 aliphatic carbocycles. The zero-order valence-electron chi connectivity index (χ0n) is 11.3. The van der Waals surface area contributed by atoms with Crippen LogP contribution >= 0.6 is 0 Å². The highest BCUT2D eigenvalue weighted by Gasteiger charge is 2.10. The first-order valence-electron chi connectivity index (χ1n) is 7.25. The largest absolute Gasteiger partial charge is 0.0795 e. The van der Waals surface area contributed by atoms with E-state index in [1.165, 1.54) is 36.8 Å². The predicted octanol–water partition coefficient (Wildman–Crippen LogP) is 4.82. The van der Waals surface area contributed by atoms with Crippen molar-refractivity contribution in [3.63, 3.8) is 0 Å². The van der Waals surface area contributed by atoms with Crippen LogP contribution < -0.4 is 0 Å². The molecular weight excluding hydrogens is 228 g/mol. The molecule has 0 saturated carbocycles. The zero-order chi connectivity index (χ0) is 12.9. The summed E-state index contributed by atoms with van der Waals surface area (Å²) in [6.07, 6.45) is 10.8. The van der Waals surface area contributed by atoms with E-state index < -0.39 is 0 Å². The quantitative estimate of drug-likeness (QED) is 0.730. The van der Waals surface area contributed by atoms with Crippen molar-refractivity contribution < 1.29 is 0 Å². The highest BCUT2D eigenvalue weighted by Crippen LogP contribution is 2.25. The minimum Gasteiger partial charge on any atom is -0.0795 e. The number of rotatable bonds is 3. The molecule has 0 N–H and O–H groups in total. The Morgan fingerprint density at radius 3 is 2.58 bits per heavy atom. The summed E-state index contributed by atoms with van der Waals surface area (Å²) < 4.78 is 0. The van der Waals surface area contributed by atoms with E-state index in [0.29, 0.717) is 0 Å². The predicted molar refractivity (Wildman–Crippen MR) is 82.3 cm³/mol. The SMILES string of the molecule is C(=Cc1cccc2c1CCCC2)Cc1ccccc1. The molecule has 0 spiro atoms. The third kappa shape index (κ3) is 2.96. The Bertz CT molecular complexity index is 564. The molecule has 0 radical (unpaired) electrons. The molecule has 0 bridgehead atoms. The molecule has 2 aromatic carbocycles. The molecule has 19 heavy (non-hydrogen) atoms. The average molecular weight is 248 g/mol. The van der Waals surface area contributed by atoms with Crippen molar-refractivity contribution in [3.8, 4) is 0 Å². The summed E-state index contributed by atoms with van der Waals surface area (Å²) in [4.78, 5) is 0. The second-order valence-corrected chi connectivity index (χ2v) is 5.28. The Kier molecular flexibility index (Phi) is 3.78. The van der Waals surface area contributed by atoms with Crippen molar-refractivity contribution in [3.05, 3.63) is 76.9 Å². The molecule has 0 unspecified atom stereocenters. The molecule has 0 amide bonds. The fourth-order valence-corrected chi connectivity index (χ4v) is 2.90. The number of allylic oxidation sites excluding steroid dienone is 1. The molecule has 0 fully saturated rings. The molecule has 1 aliphatic rings. The van der Waals surface area contributed by atoms with Crippen LogP contribution in [0.15, 0.2) is 54.6 Å². The third-order valence-corrected chi connectivity index (χ3v) is 3.93. The molecule has 0 atom stereocenters. The third-order valence-electron chi connectivity index (χ3n) is 3.93. The van der Waals surface area contributed by atoms with Crippen molar-refractivity contribution in [1.29, 1.82) is 0 Å². The molecular formula is C19H20. The summed E-state index contributed by atoms with van der Waals surface area (Å²) in [6.45, 7) is 0. The van der Waals surface area contributed by atoms with E-state index in [0.717, 1.165) is 6.42 Å². The highest BCUT2D eigenvalue weighted by molar-refractivity contribution is 5.57. The number of benzene rings is 2. The Hall–Kier alpha value is -1.82. The van der Waals surface area contributed by atoms with Gasteiger partial charge in [0.1, 0.15) is 0 Å². The monoisotopic (exact) mass is 248 g/mol. The first-order chi connectivity index (χ1) is 9.43. The summed E-state index contributed by atoms with van der Waals surface area (Å²) in [5.41, 5.74) is 5.95. The Morgan fingerprint density at radius 2 is 1.68 bits per heavy atom. The van der Waals surface area contributed by atoms with E-state index >= 15 is 0 Å². The molecule has 0 aromatic heterocycles. The maximum absolute atomic E-state index is 2.30. The maximum Gasteiger partial charge on any atom is -0.00941 e. The lowest BCUT2D eigenvalue weighted by molar-refractivity contribution is 0.684. The van der Waals surface area contributed by atoms with Gasteiger partial charge in [-0.3, -0.25) is 0 Å². The Morgan fingerprint density at radius 1 is 0.842 bits per heavy atom. The smallest absolute Gasteiger partial charge is 0.00941 e. The molecule has 3 rings (SSSR count). The van der Waals surface area contributed by atoms with Crippen LogP contribution in [0, 0.1) is 0 Å². The van der Waals surface area contributed by atoms with Crippen LogP contribution in [0.5, 0.6) is 0 Å². The van der Waals surface area contributed by atoms with Crippen LogP contribution in [-0.4, -0.2) is 0 Å². The average Bonchev–Trinajstić information content (AvgIpc) is 2.49. The van der Waals surface area contributed by atoms with E-state index in [1.54, 1.807) is 11.1 Å². The summed E-state index contributed by atoms with van der Waals surface area (Å²) in [5, 5.41) is 0. The van der Waals surface area contributed by atoms with E-state index in [4.69, 9.17) is 0 Å². The Labute approximate surface area is 115 Å². The van der Waals surface area contributed by atoms with Gasteiger partial charge in [0.05, 0.1) is 0 Å². The lowest BCUT2D eigenvalue weighted by Gasteiger charge is -2.17. The van der Waals surface area contributed by atoms with Gasteiger partial charge >= 0.3 is 0 Å². The second kappa shape index (κ2) is 5.88. The summed E-state index contributed by atoms with van der Waals surface area (Å²) in [7, 11) is 0. The van der Waals surface area contributed by atoms with Gasteiger partial charge in [-0.1, -0.05) is 60.7 Å². The van der Waals surface area contributed by atoms with E-state index in [9.17, 15) is 0 Å². The minimum absolute atomic E-state index is 1.02. The van der Waals surface area contributed by atoms with Gasteiger partial charge in [-0.25, -0.2) is 0 Å². The van der Waals surface area contributed by atoms with Crippen molar-refractivity contribution in [2.75, 3.05) is 0 Å². The summed E-state index contributed by atoms with van der Waals surface area (Å²) >= 11 is 0. The first kappa shape index (κ1) is 12.2. The highest BCUT2D eigenvalue weighted by atomic mass is 14.2. The fourth-order valence-electron chi connectivity index (χ4n) is 2.90. The van der Waals surface area contributed by atoms with Gasteiger partial charge in [-0.2, -0.15) is 0 Å². The van der Waals surface area contributed by atoms with Gasteiger partial charge in [-0.15, -0.1) is 0 Å². The summed E-state index contributed by atoms with van der Waals surface area (Å²) in [6, 6.07) is 17.4. The Balaban J connectivity index is 1.76. The van der Waals surface area contributed by atoms with Gasteiger partial charge < -0.3 is 0 Å². The molecule has 96 valence electrons. The number of aryl methyl sites for hydroxylation is 1. The van der Waals surface area contributed by atoms with E-state index in [1.807, 2.05) is 0 Å². The van der Waals surface area contributed by atoms with Gasteiger partial charge in [0, 0.05) is 0 Å². The zero-order valence-corrected chi connectivity index (χ0v) is 11.3. The summed E-state index contributed by atoms with van der Waals surface area (Å²) in [5.74, 6) is 0. The number of hydrogen-bond donors (Lipinski definition) is 0. The lowest BCUT2D eigenvalue weighted by atomic mass is 9.88. The normalized spacial score (nSPS) is 14.5. The number of hydrogen-bond acceptors (Lipinski definition) is 0. The molecule has 0 saturated heterocycles. The van der Waals surface area contributed by atoms with Crippen LogP contribution in [0.25, 0.3) is 6.08 Å². The van der Waals surface area contributed by atoms with Gasteiger partial charge in [0.15, 0.2) is 0 Å². The van der Waals surface area contributed by atoms with Gasteiger partial charge in [-0.05, 0) is 54.4 Å². The van der Waals surface area contributed by atoms with Crippen molar-refractivity contribution >= 4 is 6.08 Å². The topological polar surface area (TPSA) is 0 Å². The molecule has 0 heteroatoms. The lowest BCUT2D eigenvalue weighted by Crippen LogP contribution is -2.04. The minimum atomic E-state index is 1.02. The van der Waals surface area contributed by atoms with Crippen LogP contribution in [-0.2, 0) is 19.3 Å². The number of fused-ring (bicyclic) bond motifs is 1. The molecule has 0 heterocycles. The van der Waals surface area contributed by atoms with Crippen LogP contribution in [0.2, 0.25) is 0 Å². The fraction of sp³-hybridized carbons (Fsp3) is 0.263. The van der Waals surface area contributed by atoms with Crippen molar-refractivity contribution in [2.45, 2.75) is 32.1 Å². The molecule has 0 nitrogen and oxygen atoms in total. The molecule has 2 aromatic rings. The van der Waals surface area contributed by atoms with E-state index in [2.05, 4.69) is 60.7 Å². The van der Waals surface area contributed by atoms with Gasteiger partial charge in [0.25, 0.3) is 0 Å². The van der Waals surface area contributed by atoms with Crippen LogP contribution in [0.3, 0.4) is 0 Å². The van der Waals surface area contributed by atoms with Crippen LogP contribution in [0.4, 0.5) is 0 Å². The molecule has 0 aliphatic heterocycles.